The summed E-state index contributed by atoms with van der Waals surface area (Å²) in [6, 6.07) is 4.59. The van der Waals surface area contributed by atoms with Crippen molar-refractivity contribution in [1.29, 1.82) is 10.5 Å². The molecule has 2 aliphatic rings. The topological polar surface area (TPSA) is 62.9 Å². The Morgan fingerprint density at radius 2 is 2.20 bits per heavy atom. The highest BCUT2D eigenvalue weighted by Crippen LogP contribution is 2.49. The molecule has 1 atom stereocenters. The van der Waals surface area contributed by atoms with Crippen LogP contribution in [0.15, 0.2) is 0 Å². The van der Waals surface area contributed by atoms with Crippen LogP contribution in [0, 0.1) is 28.1 Å². The molecule has 0 spiro atoms. The van der Waals surface area contributed by atoms with Crippen molar-refractivity contribution in [3.8, 4) is 12.1 Å². The van der Waals surface area contributed by atoms with E-state index in [0.29, 0.717) is 6.42 Å². The fraction of sp³-hybridized carbons (Fsp3) is 0.818. The van der Waals surface area contributed by atoms with Gasteiger partial charge in [0, 0.05) is 32.6 Å². The van der Waals surface area contributed by atoms with Crippen molar-refractivity contribution in [2.45, 2.75) is 25.3 Å². The van der Waals surface area contributed by atoms with E-state index in [1.165, 1.54) is 0 Å². The molecule has 0 aromatic heterocycles. The standard InChI is InChI=1S/C11H16N4/c12-4-3-11(1-2-11)9-15-6-5-14-8-10(15)7-13/h10,14H,1-3,5-6,8-9H2. The highest BCUT2D eigenvalue weighted by Gasteiger charge is 2.44. The van der Waals surface area contributed by atoms with Crippen molar-refractivity contribution in [2.24, 2.45) is 5.41 Å². The minimum Gasteiger partial charge on any atom is -0.313 e. The lowest BCUT2D eigenvalue weighted by Gasteiger charge is -2.34. The highest BCUT2D eigenvalue weighted by molar-refractivity contribution is 5.05. The van der Waals surface area contributed by atoms with Gasteiger partial charge in [-0.1, -0.05) is 0 Å². The summed E-state index contributed by atoms with van der Waals surface area (Å²) in [6.07, 6.45) is 2.96. The van der Waals surface area contributed by atoms with Crippen molar-refractivity contribution in [2.75, 3.05) is 26.2 Å². The zero-order chi connectivity index (χ0) is 10.7. The molecule has 0 radical (unpaired) electrons. The molecule has 0 aromatic rings. The summed E-state index contributed by atoms with van der Waals surface area (Å²) >= 11 is 0. The van der Waals surface area contributed by atoms with Gasteiger partial charge in [-0.05, 0) is 18.3 Å². The number of nitrogens with zero attached hydrogens (tertiary/aromatic N) is 3. The summed E-state index contributed by atoms with van der Waals surface area (Å²) in [5.41, 5.74) is 0.223. The van der Waals surface area contributed by atoms with Gasteiger partial charge in [0.25, 0.3) is 0 Å². The monoisotopic (exact) mass is 204 g/mol. The van der Waals surface area contributed by atoms with Gasteiger partial charge in [-0.15, -0.1) is 0 Å². The molecule has 2 fully saturated rings. The van der Waals surface area contributed by atoms with Gasteiger partial charge in [-0.3, -0.25) is 4.90 Å². The van der Waals surface area contributed by atoms with E-state index in [9.17, 15) is 0 Å². The fourth-order valence-electron chi connectivity index (χ4n) is 2.23. The molecule has 0 aromatic carbocycles. The van der Waals surface area contributed by atoms with Crippen molar-refractivity contribution in [3.05, 3.63) is 0 Å². The highest BCUT2D eigenvalue weighted by atomic mass is 15.2. The lowest BCUT2D eigenvalue weighted by molar-refractivity contribution is 0.161. The number of hydrogen-bond acceptors (Lipinski definition) is 4. The van der Waals surface area contributed by atoms with Gasteiger partial charge in [-0.25, -0.2) is 0 Å². The van der Waals surface area contributed by atoms with Gasteiger partial charge >= 0.3 is 0 Å². The molecule has 1 aliphatic carbocycles. The number of piperazine rings is 1. The smallest absolute Gasteiger partial charge is 0.110 e. The molecule has 0 amide bonds. The van der Waals surface area contributed by atoms with Gasteiger partial charge in [0.15, 0.2) is 0 Å². The lowest BCUT2D eigenvalue weighted by atomic mass is 10.0. The molecule has 2 rings (SSSR count). The zero-order valence-corrected chi connectivity index (χ0v) is 8.87. The van der Waals surface area contributed by atoms with Crippen LogP contribution in [0.25, 0.3) is 0 Å². The Balaban J connectivity index is 1.93. The Morgan fingerprint density at radius 3 is 2.80 bits per heavy atom. The fourth-order valence-corrected chi connectivity index (χ4v) is 2.23. The number of nitrogens with one attached hydrogen (secondary N) is 1. The van der Waals surface area contributed by atoms with E-state index in [1.807, 2.05) is 0 Å². The summed E-state index contributed by atoms with van der Waals surface area (Å²) < 4.78 is 0. The Labute approximate surface area is 90.5 Å². The Hall–Kier alpha value is -1.10. The van der Waals surface area contributed by atoms with Crippen LogP contribution < -0.4 is 5.32 Å². The van der Waals surface area contributed by atoms with E-state index < -0.39 is 0 Å². The number of nitriles is 2. The molecule has 4 heteroatoms. The minimum atomic E-state index is -0.00471. The summed E-state index contributed by atoms with van der Waals surface area (Å²) in [7, 11) is 0. The Bertz CT molecular complexity index is 308. The molecule has 80 valence electrons. The first-order valence-corrected chi connectivity index (χ1v) is 5.51. The summed E-state index contributed by atoms with van der Waals surface area (Å²) in [5.74, 6) is 0. The Morgan fingerprint density at radius 1 is 1.40 bits per heavy atom. The van der Waals surface area contributed by atoms with Crippen molar-refractivity contribution >= 4 is 0 Å². The predicted octanol–water partition coefficient (Wildman–Crippen LogP) is 0.478. The average Bonchev–Trinajstić information content (AvgIpc) is 2.99. The van der Waals surface area contributed by atoms with Crippen LogP contribution in [0.5, 0.6) is 0 Å². The molecule has 4 nitrogen and oxygen atoms in total. The first-order valence-electron chi connectivity index (χ1n) is 5.51. The normalized spacial score (nSPS) is 29.1. The van der Waals surface area contributed by atoms with E-state index >= 15 is 0 Å². The van der Waals surface area contributed by atoms with Gasteiger partial charge in [0.2, 0.25) is 0 Å². The van der Waals surface area contributed by atoms with E-state index in [0.717, 1.165) is 39.0 Å². The van der Waals surface area contributed by atoms with Gasteiger partial charge in [0.05, 0.1) is 12.1 Å². The molecular weight excluding hydrogens is 188 g/mol. The molecule has 1 N–H and O–H groups in total. The minimum absolute atomic E-state index is 0.00471. The second-order valence-electron chi connectivity index (χ2n) is 4.65. The maximum Gasteiger partial charge on any atom is 0.110 e. The first-order chi connectivity index (χ1) is 7.29. The second kappa shape index (κ2) is 4.18. The predicted molar refractivity (Wildman–Crippen MR) is 55.7 cm³/mol. The molecule has 1 aliphatic heterocycles. The van der Waals surface area contributed by atoms with Crippen LogP contribution in [0.4, 0.5) is 0 Å². The third kappa shape index (κ3) is 2.28. The van der Waals surface area contributed by atoms with Crippen LogP contribution >= 0.6 is 0 Å². The van der Waals surface area contributed by atoms with Gasteiger partial charge in [0.1, 0.15) is 6.04 Å². The molecular formula is C11H16N4. The lowest BCUT2D eigenvalue weighted by Crippen LogP contribution is -2.52. The van der Waals surface area contributed by atoms with Crippen molar-refractivity contribution in [1.82, 2.24) is 10.2 Å². The van der Waals surface area contributed by atoms with Crippen LogP contribution in [0.2, 0.25) is 0 Å². The van der Waals surface area contributed by atoms with E-state index in [1.54, 1.807) is 0 Å². The number of hydrogen-bond donors (Lipinski definition) is 1. The summed E-state index contributed by atoms with van der Waals surface area (Å²) in [6.45, 7) is 3.59. The largest absolute Gasteiger partial charge is 0.313 e. The maximum absolute atomic E-state index is 9.01. The van der Waals surface area contributed by atoms with Crippen LogP contribution in [-0.4, -0.2) is 37.1 Å². The third-order valence-electron chi connectivity index (χ3n) is 3.45. The molecule has 0 bridgehead atoms. The van der Waals surface area contributed by atoms with Crippen molar-refractivity contribution in [3.63, 3.8) is 0 Å². The van der Waals surface area contributed by atoms with Gasteiger partial charge < -0.3 is 5.32 Å². The summed E-state index contributed by atoms with van der Waals surface area (Å²) in [5, 5.41) is 21.0. The SMILES string of the molecule is N#CCC1(CN2CCNCC2C#N)CC1. The number of rotatable bonds is 3. The molecule has 1 saturated carbocycles. The molecule has 15 heavy (non-hydrogen) atoms. The summed E-state index contributed by atoms with van der Waals surface area (Å²) in [4.78, 5) is 2.24. The van der Waals surface area contributed by atoms with Crippen molar-refractivity contribution < 1.29 is 0 Å². The first kappa shape index (κ1) is 10.4. The van der Waals surface area contributed by atoms with Crippen LogP contribution in [0.1, 0.15) is 19.3 Å². The third-order valence-corrected chi connectivity index (χ3v) is 3.45. The van der Waals surface area contributed by atoms with E-state index in [4.69, 9.17) is 10.5 Å². The maximum atomic E-state index is 9.01. The average molecular weight is 204 g/mol. The van der Waals surface area contributed by atoms with Gasteiger partial charge in [-0.2, -0.15) is 10.5 Å². The Kier molecular flexibility index (Phi) is 2.90. The zero-order valence-electron chi connectivity index (χ0n) is 8.87. The molecule has 1 heterocycles. The van der Waals surface area contributed by atoms with Crippen LogP contribution in [-0.2, 0) is 0 Å². The molecule has 1 saturated heterocycles. The van der Waals surface area contributed by atoms with E-state index in [2.05, 4.69) is 22.4 Å². The molecule has 1 unspecified atom stereocenters. The second-order valence-corrected chi connectivity index (χ2v) is 4.65. The quantitative estimate of drug-likeness (QED) is 0.726. The van der Waals surface area contributed by atoms with E-state index in [-0.39, 0.29) is 11.5 Å². The van der Waals surface area contributed by atoms with Crippen LogP contribution in [0.3, 0.4) is 0 Å².